The highest BCUT2D eigenvalue weighted by Crippen LogP contribution is 2.29. The van der Waals surface area contributed by atoms with E-state index in [1.807, 2.05) is 20.8 Å². The van der Waals surface area contributed by atoms with E-state index < -0.39 is 28.5 Å². The summed E-state index contributed by atoms with van der Waals surface area (Å²) in [6.07, 6.45) is 1.00. The molecule has 0 spiro atoms. The minimum atomic E-state index is -4.20. The highest BCUT2D eigenvalue weighted by atomic mass is 35.5. The summed E-state index contributed by atoms with van der Waals surface area (Å²) < 4.78 is 34.4. The molecule has 3 aromatic carbocycles. The van der Waals surface area contributed by atoms with Gasteiger partial charge in [0.2, 0.25) is 11.8 Å². The Balaban J connectivity index is 2.10. The van der Waals surface area contributed by atoms with E-state index in [1.165, 1.54) is 24.1 Å². The van der Waals surface area contributed by atoms with E-state index in [0.717, 1.165) is 9.87 Å². The average molecular weight is 635 g/mol. The first-order valence-electron chi connectivity index (χ1n) is 13.7. The summed E-state index contributed by atoms with van der Waals surface area (Å²) in [6, 6.07) is 16.8. The van der Waals surface area contributed by atoms with Crippen LogP contribution in [-0.4, -0.2) is 50.9 Å². The molecule has 0 fully saturated rings. The number of nitrogens with one attached hydrogen (secondary N) is 1. The summed E-state index contributed by atoms with van der Waals surface area (Å²) in [5, 5.41) is 3.71. The Morgan fingerprint density at radius 1 is 0.976 bits per heavy atom. The monoisotopic (exact) mass is 633 g/mol. The quantitative estimate of drug-likeness (QED) is 0.241. The van der Waals surface area contributed by atoms with Gasteiger partial charge in [0.1, 0.15) is 18.3 Å². The van der Waals surface area contributed by atoms with Crippen molar-refractivity contribution in [2.45, 2.75) is 64.1 Å². The van der Waals surface area contributed by atoms with Gasteiger partial charge in [-0.05, 0) is 68.7 Å². The average Bonchev–Trinajstić information content (AvgIpc) is 2.96. The number of ether oxygens (including phenoxy) is 1. The van der Waals surface area contributed by atoms with Gasteiger partial charge in [-0.15, -0.1) is 0 Å². The number of sulfonamides is 1. The molecule has 11 heteroatoms. The maximum absolute atomic E-state index is 14.2. The SMILES string of the molecule is CC[C@H](C(=O)N[C@@H](C)CC)N(Cc1ccc(Cl)cc1Cl)C(=O)CN(c1cccc(OC)c1)S(=O)(=O)c1ccc(C)cc1. The first-order chi connectivity index (χ1) is 19.9. The lowest BCUT2D eigenvalue weighted by atomic mass is 10.1. The molecule has 226 valence electrons. The third-order valence-corrected chi connectivity index (χ3v) is 9.35. The maximum atomic E-state index is 14.2. The number of hydrogen-bond acceptors (Lipinski definition) is 5. The predicted molar refractivity (Wildman–Crippen MR) is 168 cm³/mol. The zero-order valence-electron chi connectivity index (χ0n) is 24.4. The summed E-state index contributed by atoms with van der Waals surface area (Å²) in [5.74, 6) is -0.487. The molecule has 0 aliphatic rings. The fraction of sp³-hybridized carbons (Fsp3) is 0.355. The highest BCUT2D eigenvalue weighted by Gasteiger charge is 2.34. The van der Waals surface area contributed by atoms with Crippen molar-refractivity contribution < 1.29 is 22.7 Å². The van der Waals surface area contributed by atoms with Crippen LogP contribution in [0.25, 0.3) is 0 Å². The summed E-state index contributed by atoms with van der Waals surface area (Å²) in [5.41, 5.74) is 1.70. The Hall–Kier alpha value is -3.27. The molecular weight excluding hydrogens is 597 g/mol. The lowest BCUT2D eigenvalue weighted by Crippen LogP contribution is -2.53. The van der Waals surface area contributed by atoms with Crippen LogP contribution in [0.5, 0.6) is 5.75 Å². The smallest absolute Gasteiger partial charge is 0.264 e. The number of hydrogen-bond donors (Lipinski definition) is 1. The molecule has 0 aliphatic carbocycles. The Morgan fingerprint density at radius 2 is 1.67 bits per heavy atom. The molecule has 0 radical (unpaired) electrons. The largest absolute Gasteiger partial charge is 0.497 e. The van der Waals surface area contributed by atoms with Crippen LogP contribution in [0.1, 0.15) is 44.7 Å². The second kappa shape index (κ2) is 14.8. The fourth-order valence-electron chi connectivity index (χ4n) is 4.33. The van der Waals surface area contributed by atoms with Crippen LogP contribution in [0.3, 0.4) is 0 Å². The van der Waals surface area contributed by atoms with Crippen molar-refractivity contribution >= 4 is 50.7 Å². The molecule has 0 saturated heterocycles. The summed E-state index contributed by atoms with van der Waals surface area (Å²) in [6.45, 7) is 6.89. The number of anilines is 1. The lowest BCUT2D eigenvalue weighted by Gasteiger charge is -2.34. The van der Waals surface area contributed by atoms with Gasteiger partial charge in [-0.1, -0.05) is 66.9 Å². The van der Waals surface area contributed by atoms with E-state index in [4.69, 9.17) is 27.9 Å². The summed E-state index contributed by atoms with van der Waals surface area (Å²) >= 11 is 12.6. The molecule has 3 rings (SSSR count). The standard InChI is InChI=1S/C31H37Cl2N3O5S/c1-6-22(4)34-31(38)29(7-2)35(19-23-13-14-24(32)17-28(23)33)30(37)20-36(25-9-8-10-26(18-25)41-5)42(39,40)27-15-11-21(3)12-16-27/h8-18,22,29H,6-7,19-20H2,1-5H3,(H,34,38)/t22-,29+/m0/s1. The highest BCUT2D eigenvalue weighted by molar-refractivity contribution is 7.92. The minimum Gasteiger partial charge on any atom is -0.497 e. The molecular formula is C31H37Cl2N3O5S. The molecule has 1 N–H and O–H groups in total. The molecule has 2 amide bonds. The molecule has 3 aromatic rings. The zero-order valence-corrected chi connectivity index (χ0v) is 26.8. The predicted octanol–water partition coefficient (Wildman–Crippen LogP) is 6.23. The van der Waals surface area contributed by atoms with Gasteiger partial charge in [-0.3, -0.25) is 13.9 Å². The van der Waals surface area contributed by atoms with Crippen LogP contribution < -0.4 is 14.4 Å². The van der Waals surface area contributed by atoms with Gasteiger partial charge in [-0.25, -0.2) is 8.42 Å². The van der Waals surface area contributed by atoms with Crippen molar-refractivity contribution in [2.24, 2.45) is 0 Å². The molecule has 8 nitrogen and oxygen atoms in total. The number of rotatable bonds is 13. The number of methoxy groups -OCH3 is 1. The van der Waals surface area contributed by atoms with Gasteiger partial charge < -0.3 is 15.0 Å². The molecule has 0 saturated carbocycles. The number of nitrogens with zero attached hydrogens (tertiary/aromatic N) is 2. The van der Waals surface area contributed by atoms with Crippen molar-refractivity contribution in [1.82, 2.24) is 10.2 Å². The van der Waals surface area contributed by atoms with Gasteiger partial charge in [0.25, 0.3) is 10.0 Å². The Kier molecular flexibility index (Phi) is 11.7. The zero-order chi connectivity index (χ0) is 31.0. The van der Waals surface area contributed by atoms with E-state index >= 15 is 0 Å². The Labute approximate surface area is 258 Å². The van der Waals surface area contributed by atoms with Gasteiger partial charge in [0.05, 0.1) is 17.7 Å². The second-order valence-corrected chi connectivity index (χ2v) is 12.7. The molecule has 0 aliphatic heterocycles. The van der Waals surface area contributed by atoms with Crippen LogP contribution in [-0.2, 0) is 26.2 Å². The van der Waals surface area contributed by atoms with Gasteiger partial charge >= 0.3 is 0 Å². The normalized spacial score (nSPS) is 12.7. The molecule has 0 heterocycles. The first kappa shape index (κ1) is 33.2. The Bertz CT molecular complexity index is 1500. The van der Waals surface area contributed by atoms with Crippen LogP contribution in [0.4, 0.5) is 5.69 Å². The number of carbonyl (C=O) groups is 2. The van der Waals surface area contributed by atoms with Crippen molar-refractivity contribution in [1.29, 1.82) is 0 Å². The van der Waals surface area contributed by atoms with Crippen LogP contribution in [0.15, 0.2) is 71.6 Å². The van der Waals surface area contributed by atoms with Crippen LogP contribution in [0.2, 0.25) is 10.0 Å². The number of halogens is 2. The van der Waals surface area contributed by atoms with E-state index in [9.17, 15) is 18.0 Å². The molecule has 0 bridgehead atoms. The fourth-order valence-corrected chi connectivity index (χ4v) is 6.20. The van der Waals surface area contributed by atoms with Crippen molar-refractivity contribution in [3.63, 3.8) is 0 Å². The molecule has 0 unspecified atom stereocenters. The van der Waals surface area contributed by atoms with E-state index in [2.05, 4.69) is 5.32 Å². The molecule has 2 atom stereocenters. The third kappa shape index (κ3) is 8.18. The van der Waals surface area contributed by atoms with E-state index in [0.29, 0.717) is 34.2 Å². The van der Waals surface area contributed by atoms with Crippen LogP contribution >= 0.6 is 23.2 Å². The Morgan fingerprint density at radius 3 is 2.26 bits per heavy atom. The van der Waals surface area contributed by atoms with Gasteiger partial charge in [-0.2, -0.15) is 0 Å². The topological polar surface area (TPSA) is 96.0 Å². The number of aryl methyl sites for hydroxylation is 1. The first-order valence-corrected chi connectivity index (χ1v) is 15.9. The van der Waals surface area contributed by atoms with E-state index in [-0.39, 0.29) is 29.1 Å². The number of amides is 2. The minimum absolute atomic E-state index is 0.0255. The van der Waals surface area contributed by atoms with Gasteiger partial charge in [0.15, 0.2) is 0 Å². The number of carbonyl (C=O) groups excluding carboxylic acids is 2. The van der Waals surface area contributed by atoms with Crippen LogP contribution in [0, 0.1) is 6.92 Å². The molecule has 42 heavy (non-hydrogen) atoms. The lowest BCUT2D eigenvalue weighted by molar-refractivity contribution is -0.140. The van der Waals surface area contributed by atoms with Crippen molar-refractivity contribution in [2.75, 3.05) is 18.0 Å². The molecule has 0 aromatic heterocycles. The maximum Gasteiger partial charge on any atom is 0.264 e. The third-order valence-electron chi connectivity index (χ3n) is 6.97. The van der Waals surface area contributed by atoms with E-state index in [1.54, 1.807) is 61.5 Å². The second-order valence-electron chi connectivity index (χ2n) is 10.0. The van der Waals surface area contributed by atoms with Crippen molar-refractivity contribution in [3.8, 4) is 5.75 Å². The van der Waals surface area contributed by atoms with Gasteiger partial charge in [0, 0.05) is 28.7 Å². The number of benzene rings is 3. The summed E-state index contributed by atoms with van der Waals surface area (Å²) in [4.78, 5) is 29.0. The van der Waals surface area contributed by atoms with Crippen molar-refractivity contribution in [3.05, 3.63) is 87.9 Å². The summed E-state index contributed by atoms with van der Waals surface area (Å²) in [7, 11) is -2.73.